The molecule has 1 saturated heterocycles. The molecule has 3 N–H and O–H groups in total. The number of nitrogens with two attached hydrogens (primary N) is 1. The first-order valence-corrected chi connectivity index (χ1v) is 11.3. The number of hydrogen-bond donors (Lipinski definition) is 2. The Hall–Kier alpha value is -3.34. The maximum atomic E-state index is 14.3. The summed E-state index contributed by atoms with van der Waals surface area (Å²) in [6, 6.07) is 1.98. The van der Waals surface area contributed by atoms with Crippen molar-refractivity contribution < 1.29 is 13.9 Å². The minimum Gasteiger partial charge on any atom is -0.389 e. The fourth-order valence-corrected chi connectivity index (χ4v) is 4.88. The maximum Gasteiger partial charge on any atom is 0.223 e. The van der Waals surface area contributed by atoms with E-state index in [1.165, 1.54) is 10.6 Å². The van der Waals surface area contributed by atoms with Crippen LogP contribution in [0.5, 0.6) is 0 Å². The Morgan fingerprint density at radius 3 is 2.68 bits per heavy atom. The van der Waals surface area contributed by atoms with Crippen molar-refractivity contribution in [2.75, 3.05) is 23.7 Å². The van der Waals surface area contributed by atoms with Gasteiger partial charge in [0.1, 0.15) is 11.3 Å². The van der Waals surface area contributed by atoms with Crippen LogP contribution in [0.4, 0.5) is 20.4 Å². The van der Waals surface area contributed by atoms with Crippen molar-refractivity contribution in [3.8, 4) is 0 Å². The SMILES string of the molecule is Cc1nn(CC(C)(C)O)cc1N1C[C@@H](C)C[C@@H](c2nc3c4cc(F)cc(F)c4nc(N)n3n2)C1. The van der Waals surface area contributed by atoms with Crippen molar-refractivity contribution >= 4 is 28.2 Å². The van der Waals surface area contributed by atoms with Gasteiger partial charge < -0.3 is 15.7 Å². The Bertz CT molecular complexity index is 1390. The zero-order valence-corrected chi connectivity index (χ0v) is 19.6. The molecule has 1 fully saturated rings. The summed E-state index contributed by atoms with van der Waals surface area (Å²) in [5.41, 5.74) is 7.30. The summed E-state index contributed by atoms with van der Waals surface area (Å²) in [6.07, 6.45) is 2.82. The lowest BCUT2D eigenvalue weighted by Gasteiger charge is -2.36. The van der Waals surface area contributed by atoms with Crippen LogP contribution in [-0.4, -0.2) is 53.2 Å². The number of aliphatic hydroxyl groups is 1. The molecule has 3 aromatic heterocycles. The van der Waals surface area contributed by atoms with E-state index in [2.05, 4.69) is 32.0 Å². The van der Waals surface area contributed by atoms with Gasteiger partial charge in [-0.2, -0.15) is 9.61 Å². The molecule has 0 saturated carbocycles. The highest BCUT2D eigenvalue weighted by atomic mass is 19.1. The molecule has 0 bridgehead atoms. The van der Waals surface area contributed by atoms with E-state index in [1.807, 2.05) is 13.1 Å². The molecule has 0 spiro atoms. The highest BCUT2D eigenvalue weighted by Crippen LogP contribution is 2.34. The van der Waals surface area contributed by atoms with E-state index in [1.54, 1.807) is 18.5 Å². The van der Waals surface area contributed by atoms with E-state index in [9.17, 15) is 13.9 Å². The second-order valence-electron chi connectivity index (χ2n) is 10.0. The summed E-state index contributed by atoms with van der Waals surface area (Å²) < 4.78 is 31.4. The molecule has 9 nitrogen and oxygen atoms in total. The number of aromatic nitrogens is 6. The Morgan fingerprint density at radius 2 is 1.94 bits per heavy atom. The van der Waals surface area contributed by atoms with Crippen LogP contribution in [0.15, 0.2) is 18.3 Å². The van der Waals surface area contributed by atoms with Crippen LogP contribution >= 0.6 is 0 Å². The molecule has 1 aromatic carbocycles. The Kier molecular flexibility index (Phi) is 5.19. The topological polar surface area (TPSA) is 110 Å². The molecule has 0 aliphatic carbocycles. The van der Waals surface area contributed by atoms with Crippen molar-refractivity contribution in [2.45, 2.75) is 52.2 Å². The summed E-state index contributed by atoms with van der Waals surface area (Å²) >= 11 is 0. The van der Waals surface area contributed by atoms with Gasteiger partial charge in [0.25, 0.3) is 0 Å². The summed E-state index contributed by atoms with van der Waals surface area (Å²) in [7, 11) is 0. The van der Waals surface area contributed by atoms with E-state index in [0.29, 0.717) is 24.8 Å². The molecule has 11 heteroatoms. The van der Waals surface area contributed by atoms with Gasteiger partial charge in [0.15, 0.2) is 17.3 Å². The first-order valence-electron chi connectivity index (χ1n) is 11.3. The predicted octanol–water partition coefficient (Wildman–Crippen LogP) is 3.04. The lowest BCUT2D eigenvalue weighted by Crippen LogP contribution is -2.39. The van der Waals surface area contributed by atoms with Crippen LogP contribution in [0, 0.1) is 24.5 Å². The Labute approximate surface area is 195 Å². The number of rotatable bonds is 4. The van der Waals surface area contributed by atoms with E-state index < -0.39 is 17.2 Å². The average molecular weight is 471 g/mol. The number of benzene rings is 1. The van der Waals surface area contributed by atoms with Gasteiger partial charge in [-0.25, -0.2) is 18.7 Å². The molecular formula is C23H28F2N8O. The van der Waals surface area contributed by atoms with Crippen molar-refractivity contribution in [1.82, 2.24) is 29.4 Å². The Balaban J connectivity index is 1.51. The van der Waals surface area contributed by atoms with E-state index in [0.717, 1.165) is 30.4 Å². The number of nitrogen functional groups attached to an aromatic ring is 1. The quantitative estimate of drug-likeness (QED) is 0.472. The number of aryl methyl sites for hydroxylation is 1. The predicted molar refractivity (Wildman–Crippen MR) is 125 cm³/mol. The molecule has 1 aliphatic heterocycles. The summed E-state index contributed by atoms with van der Waals surface area (Å²) in [4.78, 5) is 11.0. The van der Waals surface area contributed by atoms with E-state index in [4.69, 9.17) is 5.73 Å². The summed E-state index contributed by atoms with van der Waals surface area (Å²) in [5.74, 6) is -0.609. The number of nitrogens with zero attached hydrogens (tertiary/aromatic N) is 7. The fraction of sp³-hybridized carbons (Fsp3) is 0.478. The third kappa shape index (κ3) is 4.04. The van der Waals surface area contributed by atoms with Gasteiger partial charge >= 0.3 is 0 Å². The average Bonchev–Trinajstić information content (AvgIpc) is 3.32. The van der Waals surface area contributed by atoms with E-state index >= 15 is 0 Å². The molecule has 0 unspecified atom stereocenters. The largest absolute Gasteiger partial charge is 0.389 e. The highest BCUT2D eigenvalue weighted by Gasteiger charge is 2.31. The van der Waals surface area contributed by atoms with Crippen LogP contribution in [0.2, 0.25) is 0 Å². The minimum absolute atomic E-state index is 0.00351. The van der Waals surface area contributed by atoms with Gasteiger partial charge in [-0.15, -0.1) is 5.10 Å². The zero-order chi connectivity index (χ0) is 24.4. The van der Waals surface area contributed by atoms with Crippen LogP contribution in [0.1, 0.15) is 44.6 Å². The molecule has 34 heavy (non-hydrogen) atoms. The Morgan fingerprint density at radius 1 is 1.18 bits per heavy atom. The van der Waals surface area contributed by atoms with Crippen LogP contribution in [-0.2, 0) is 6.54 Å². The molecule has 1 aliphatic rings. The number of fused-ring (bicyclic) bond motifs is 3. The summed E-state index contributed by atoms with van der Waals surface area (Å²) in [5, 5.41) is 19.5. The number of hydrogen-bond acceptors (Lipinski definition) is 7. The second kappa shape index (κ2) is 7.86. The monoisotopic (exact) mass is 470 g/mol. The molecular weight excluding hydrogens is 442 g/mol. The van der Waals surface area contributed by atoms with Crippen molar-refractivity contribution in [3.63, 3.8) is 0 Å². The molecule has 2 atom stereocenters. The number of halogens is 2. The summed E-state index contributed by atoms with van der Waals surface area (Å²) in [6.45, 7) is 9.52. The molecule has 180 valence electrons. The number of anilines is 2. The van der Waals surface area contributed by atoms with Crippen LogP contribution in [0.3, 0.4) is 0 Å². The third-order valence-corrected chi connectivity index (χ3v) is 6.17. The van der Waals surface area contributed by atoms with Crippen LogP contribution < -0.4 is 10.6 Å². The van der Waals surface area contributed by atoms with Gasteiger partial charge in [-0.1, -0.05) is 6.92 Å². The zero-order valence-electron chi connectivity index (χ0n) is 19.6. The van der Waals surface area contributed by atoms with Crippen molar-refractivity contribution in [3.05, 3.63) is 41.5 Å². The number of piperidine rings is 1. The highest BCUT2D eigenvalue weighted by molar-refractivity contribution is 5.92. The van der Waals surface area contributed by atoms with Crippen LogP contribution in [0.25, 0.3) is 16.6 Å². The second-order valence-corrected chi connectivity index (χ2v) is 10.0. The van der Waals surface area contributed by atoms with Gasteiger partial charge in [0, 0.05) is 31.3 Å². The van der Waals surface area contributed by atoms with Gasteiger partial charge in [-0.05, 0) is 39.2 Å². The third-order valence-electron chi connectivity index (χ3n) is 6.17. The standard InChI is InChI=1S/C23H28F2N8O/c1-12-5-14(9-31(8-12)18-10-32(29-13(18)2)11-23(3,4)34)20-28-21-16-6-15(24)7-17(25)19(16)27-22(26)33(21)30-20/h6-7,10,12,14,34H,5,8-9,11H2,1-4H3,(H2,26,27)/t12-,14+/m0/s1. The van der Waals surface area contributed by atoms with E-state index in [-0.39, 0.29) is 28.4 Å². The smallest absolute Gasteiger partial charge is 0.223 e. The van der Waals surface area contributed by atoms with Gasteiger partial charge in [0.2, 0.25) is 5.95 Å². The maximum absolute atomic E-state index is 14.3. The van der Waals surface area contributed by atoms with Gasteiger partial charge in [0.05, 0.1) is 28.9 Å². The molecule has 5 rings (SSSR count). The normalized spacial score (nSPS) is 19.4. The lowest BCUT2D eigenvalue weighted by molar-refractivity contribution is 0.0577. The van der Waals surface area contributed by atoms with Crippen molar-refractivity contribution in [2.24, 2.45) is 5.92 Å². The minimum atomic E-state index is -0.871. The molecule has 0 radical (unpaired) electrons. The molecule has 0 amide bonds. The van der Waals surface area contributed by atoms with Crippen molar-refractivity contribution in [1.29, 1.82) is 0 Å². The molecule has 4 heterocycles. The first-order chi connectivity index (χ1) is 16.0. The van der Waals surface area contributed by atoms with Gasteiger partial charge in [-0.3, -0.25) is 4.68 Å². The first kappa shape index (κ1) is 22.5. The fourth-order valence-electron chi connectivity index (χ4n) is 4.88. The molecule has 4 aromatic rings. The lowest BCUT2D eigenvalue weighted by atomic mass is 9.89.